The second-order valence-corrected chi connectivity index (χ2v) is 4.30. The molecule has 0 aromatic heterocycles. The Morgan fingerprint density at radius 1 is 1.31 bits per heavy atom. The summed E-state index contributed by atoms with van der Waals surface area (Å²) in [4.78, 5) is 0. The van der Waals surface area contributed by atoms with Gasteiger partial charge in [0.05, 0.1) is 13.2 Å². The molecule has 2 nitrogen and oxygen atoms in total. The average Bonchev–Trinajstić information content (AvgIpc) is 2.62. The van der Waals surface area contributed by atoms with Crippen LogP contribution in [0.25, 0.3) is 0 Å². The molecular formula is C10H11IO2. The van der Waals surface area contributed by atoms with Crippen molar-refractivity contribution in [2.24, 2.45) is 0 Å². The van der Waals surface area contributed by atoms with Crippen LogP contribution >= 0.6 is 22.6 Å². The van der Waals surface area contributed by atoms with Crippen molar-refractivity contribution in [1.29, 1.82) is 0 Å². The topological polar surface area (TPSA) is 18.5 Å². The molecule has 0 spiro atoms. The second kappa shape index (κ2) is 4.28. The van der Waals surface area contributed by atoms with Crippen molar-refractivity contribution in [2.75, 3.05) is 13.2 Å². The van der Waals surface area contributed by atoms with E-state index in [2.05, 4.69) is 22.6 Å². The Morgan fingerprint density at radius 2 is 2.08 bits per heavy atom. The van der Waals surface area contributed by atoms with Crippen molar-refractivity contribution in [3.8, 4) is 5.75 Å². The molecule has 13 heavy (non-hydrogen) atoms. The van der Waals surface area contributed by atoms with Gasteiger partial charge in [0.2, 0.25) is 0 Å². The highest BCUT2D eigenvalue weighted by Crippen LogP contribution is 2.17. The Kier molecular flexibility index (Phi) is 3.05. The van der Waals surface area contributed by atoms with Gasteiger partial charge in [-0.15, -0.1) is 0 Å². The third-order valence-corrected chi connectivity index (χ3v) is 2.72. The lowest BCUT2D eigenvalue weighted by Crippen LogP contribution is -2.15. The molecule has 70 valence electrons. The quantitative estimate of drug-likeness (QED) is 0.779. The van der Waals surface area contributed by atoms with Crippen molar-refractivity contribution in [3.05, 3.63) is 27.8 Å². The highest BCUT2D eigenvalue weighted by Gasteiger charge is 2.16. The van der Waals surface area contributed by atoms with Gasteiger partial charge in [-0.25, -0.2) is 0 Å². The molecule has 0 N–H and O–H groups in total. The van der Waals surface area contributed by atoms with Crippen LogP contribution in [-0.4, -0.2) is 19.3 Å². The molecule has 0 radical (unpaired) electrons. The Morgan fingerprint density at radius 3 is 2.69 bits per heavy atom. The van der Waals surface area contributed by atoms with Crippen LogP contribution in [0.3, 0.4) is 0 Å². The molecule has 2 rings (SSSR count). The summed E-state index contributed by atoms with van der Waals surface area (Å²) in [5.74, 6) is 0.941. The van der Waals surface area contributed by atoms with Crippen LogP contribution in [0.4, 0.5) is 0 Å². The van der Waals surface area contributed by atoms with Crippen molar-refractivity contribution in [3.63, 3.8) is 0 Å². The van der Waals surface area contributed by atoms with E-state index in [9.17, 15) is 0 Å². The smallest absolute Gasteiger partial charge is 0.124 e. The van der Waals surface area contributed by atoms with Gasteiger partial charge in [-0.3, -0.25) is 0 Å². The third kappa shape index (κ3) is 2.57. The van der Waals surface area contributed by atoms with E-state index >= 15 is 0 Å². The Balaban J connectivity index is 1.97. The maximum Gasteiger partial charge on any atom is 0.124 e. The first kappa shape index (κ1) is 9.27. The summed E-state index contributed by atoms with van der Waals surface area (Å²) in [6.45, 7) is 1.56. The zero-order chi connectivity index (χ0) is 9.10. The van der Waals surface area contributed by atoms with Crippen molar-refractivity contribution < 1.29 is 9.47 Å². The summed E-state index contributed by atoms with van der Waals surface area (Å²) in [5, 5.41) is 0. The molecule has 1 aromatic carbocycles. The molecule has 1 aromatic rings. The first-order valence-electron chi connectivity index (χ1n) is 4.34. The molecule has 1 atom stereocenters. The fourth-order valence-corrected chi connectivity index (χ4v) is 1.67. The summed E-state index contributed by atoms with van der Waals surface area (Å²) in [6.07, 6.45) is 1.26. The largest absolute Gasteiger partial charge is 0.488 e. The number of hydrogen-bond donors (Lipinski definition) is 0. The van der Waals surface area contributed by atoms with Gasteiger partial charge in [0.25, 0.3) is 0 Å². The average molecular weight is 290 g/mol. The predicted molar refractivity (Wildman–Crippen MR) is 59.0 cm³/mol. The molecule has 1 heterocycles. The molecule has 0 amide bonds. The minimum absolute atomic E-state index is 0.250. The minimum atomic E-state index is 0.250. The fourth-order valence-electron chi connectivity index (χ4n) is 1.31. The molecular weight excluding hydrogens is 279 g/mol. The van der Waals surface area contributed by atoms with Crippen molar-refractivity contribution in [1.82, 2.24) is 0 Å². The van der Waals surface area contributed by atoms with Gasteiger partial charge in [0.1, 0.15) is 11.9 Å². The van der Waals surface area contributed by atoms with Crippen LogP contribution in [-0.2, 0) is 4.74 Å². The Hall–Kier alpha value is -0.290. The normalized spacial score (nSPS) is 21.8. The minimum Gasteiger partial charge on any atom is -0.488 e. The monoisotopic (exact) mass is 290 g/mol. The summed E-state index contributed by atoms with van der Waals surface area (Å²) >= 11 is 2.28. The molecule has 0 bridgehead atoms. The number of ether oxygens (including phenoxy) is 2. The van der Waals surface area contributed by atoms with Crippen LogP contribution in [0.15, 0.2) is 24.3 Å². The number of halogens is 1. The zero-order valence-electron chi connectivity index (χ0n) is 7.20. The van der Waals surface area contributed by atoms with Gasteiger partial charge < -0.3 is 9.47 Å². The van der Waals surface area contributed by atoms with E-state index in [1.165, 1.54) is 3.57 Å². The van der Waals surface area contributed by atoms with Gasteiger partial charge in [-0.2, -0.15) is 0 Å². The number of hydrogen-bond acceptors (Lipinski definition) is 2. The lowest BCUT2D eigenvalue weighted by Gasteiger charge is -2.11. The van der Waals surface area contributed by atoms with E-state index in [0.717, 1.165) is 25.4 Å². The Bertz CT molecular complexity index is 265. The molecule has 0 unspecified atom stereocenters. The van der Waals surface area contributed by atoms with E-state index in [0.29, 0.717) is 0 Å². The summed E-state index contributed by atoms with van der Waals surface area (Å²) in [6, 6.07) is 8.09. The predicted octanol–water partition coefficient (Wildman–Crippen LogP) is 2.46. The van der Waals surface area contributed by atoms with Gasteiger partial charge in [0.15, 0.2) is 0 Å². The number of benzene rings is 1. The SMILES string of the molecule is Ic1ccc(O[C@@H]2CCOC2)cc1. The van der Waals surface area contributed by atoms with Crippen LogP contribution < -0.4 is 4.74 Å². The van der Waals surface area contributed by atoms with E-state index in [-0.39, 0.29) is 6.10 Å². The second-order valence-electron chi connectivity index (χ2n) is 3.06. The van der Waals surface area contributed by atoms with Gasteiger partial charge in [-0.1, -0.05) is 0 Å². The van der Waals surface area contributed by atoms with Gasteiger partial charge in [-0.05, 0) is 46.9 Å². The van der Waals surface area contributed by atoms with Gasteiger partial charge in [0, 0.05) is 9.99 Å². The van der Waals surface area contributed by atoms with Gasteiger partial charge >= 0.3 is 0 Å². The lowest BCUT2D eigenvalue weighted by molar-refractivity contribution is 0.141. The summed E-state index contributed by atoms with van der Waals surface area (Å²) in [5.41, 5.74) is 0. The zero-order valence-corrected chi connectivity index (χ0v) is 9.36. The van der Waals surface area contributed by atoms with Crippen LogP contribution in [0.5, 0.6) is 5.75 Å². The van der Waals surface area contributed by atoms with E-state index in [1.54, 1.807) is 0 Å². The first-order chi connectivity index (χ1) is 6.34. The van der Waals surface area contributed by atoms with E-state index in [1.807, 2.05) is 24.3 Å². The summed E-state index contributed by atoms with van der Waals surface area (Å²) < 4.78 is 12.2. The van der Waals surface area contributed by atoms with E-state index in [4.69, 9.17) is 9.47 Å². The highest BCUT2D eigenvalue weighted by molar-refractivity contribution is 14.1. The molecule has 1 fully saturated rings. The molecule has 1 aliphatic heterocycles. The number of rotatable bonds is 2. The van der Waals surface area contributed by atoms with E-state index < -0.39 is 0 Å². The molecule has 1 saturated heterocycles. The molecule has 1 aliphatic rings. The summed E-state index contributed by atoms with van der Waals surface area (Å²) in [7, 11) is 0. The third-order valence-electron chi connectivity index (χ3n) is 2.00. The highest BCUT2D eigenvalue weighted by atomic mass is 127. The maximum atomic E-state index is 5.70. The van der Waals surface area contributed by atoms with Crippen molar-refractivity contribution >= 4 is 22.6 Å². The maximum absolute atomic E-state index is 5.70. The molecule has 0 aliphatic carbocycles. The molecule has 0 saturated carbocycles. The fraction of sp³-hybridized carbons (Fsp3) is 0.400. The lowest BCUT2D eigenvalue weighted by atomic mass is 10.3. The Labute approximate surface area is 91.4 Å². The van der Waals surface area contributed by atoms with Crippen molar-refractivity contribution in [2.45, 2.75) is 12.5 Å². The standard InChI is InChI=1S/C10H11IO2/c11-8-1-3-9(4-2-8)13-10-5-6-12-7-10/h1-4,10H,5-7H2/t10-/m1/s1. The molecule has 3 heteroatoms. The van der Waals surface area contributed by atoms with Crippen LogP contribution in [0, 0.1) is 3.57 Å². The van der Waals surface area contributed by atoms with Crippen LogP contribution in [0.2, 0.25) is 0 Å². The van der Waals surface area contributed by atoms with Crippen LogP contribution in [0.1, 0.15) is 6.42 Å². The first-order valence-corrected chi connectivity index (χ1v) is 5.42.